The van der Waals surface area contributed by atoms with Gasteiger partial charge in [0.05, 0.1) is 6.07 Å². The fourth-order valence-electron chi connectivity index (χ4n) is 2.30. The molecule has 1 heterocycles. The van der Waals surface area contributed by atoms with Crippen LogP contribution in [0.1, 0.15) is 17.2 Å². The molecule has 0 aliphatic rings. The summed E-state index contributed by atoms with van der Waals surface area (Å²) in [6.07, 6.45) is 3.36. The maximum Gasteiger partial charge on any atom is 0.297 e. The molecule has 0 spiro atoms. The Morgan fingerprint density at radius 1 is 1.13 bits per heavy atom. The number of hydrogen-bond donors (Lipinski definition) is 0. The van der Waals surface area contributed by atoms with Gasteiger partial charge in [-0.2, -0.15) is 5.26 Å². The number of benzene rings is 2. The van der Waals surface area contributed by atoms with Crippen molar-refractivity contribution in [2.45, 2.75) is 12.6 Å². The van der Waals surface area contributed by atoms with Gasteiger partial charge in [0, 0.05) is 23.0 Å². The van der Waals surface area contributed by atoms with Crippen molar-refractivity contribution < 1.29 is 4.74 Å². The molecule has 5 heteroatoms. The summed E-state index contributed by atoms with van der Waals surface area (Å²) in [6.45, 7) is 0.295. The van der Waals surface area contributed by atoms with E-state index in [-0.39, 0.29) is 0 Å². The number of rotatable bonds is 5. The molecule has 0 saturated carbocycles. The number of imidazole rings is 1. The van der Waals surface area contributed by atoms with Crippen LogP contribution in [0.2, 0.25) is 5.02 Å². The Kier molecular flexibility index (Phi) is 4.60. The van der Waals surface area contributed by atoms with Crippen LogP contribution in [0.15, 0.2) is 67.0 Å². The highest BCUT2D eigenvalue weighted by molar-refractivity contribution is 6.31. The standard InChI is InChI=1S/C18H14ClN3O/c19-16-9-5-4-8-15(16)13-23-18-21-10-11-22(18)17(12-20)14-6-2-1-3-7-14/h1-11,17H,13H2. The number of aromatic nitrogens is 2. The highest BCUT2D eigenvalue weighted by atomic mass is 35.5. The molecule has 0 N–H and O–H groups in total. The lowest BCUT2D eigenvalue weighted by atomic mass is 10.1. The monoisotopic (exact) mass is 323 g/mol. The molecule has 0 aliphatic carbocycles. The fraction of sp³-hybridized carbons (Fsp3) is 0.111. The van der Waals surface area contributed by atoms with Crippen LogP contribution in [0.5, 0.6) is 6.01 Å². The molecule has 3 rings (SSSR count). The van der Waals surface area contributed by atoms with Crippen LogP contribution in [0.3, 0.4) is 0 Å². The van der Waals surface area contributed by atoms with Crippen molar-refractivity contribution in [3.05, 3.63) is 83.1 Å². The second kappa shape index (κ2) is 6.99. The van der Waals surface area contributed by atoms with Crippen LogP contribution in [-0.2, 0) is 6.61 Å². The lowest BCUT2D eigenvalue weighted by Gasteiger charge is -2.15. The van der Waals surface area contributed by atoms with Crippen molar-refractivity contribution in [1.29, 1.82) is 5.26 Å². The van der Waals surface area contributed by atoms with E-state index in [2.05, 4.69) is 11.1 Å². The summed E-state index contributed by atoms with van der Waals surface area (Å²) in [7, 11) is 0. The number of nitriles is 1. The van der Waals surface area contributed by atoms with E-state index < -0.39 is 6.04 Å². The molecule has 3 aromatic rings. The van der Waals surface area contributed by atoms with Gasteiger partial charge in [0.2, 0.25) is 0 Å². The molecule has 23 heavy (non-hydrogen) atoms. The second-order valence-corrected chi connectivity index (χ2v) is 5.35. The highest BCUT2D eigenvalue weighted by Gasteiger charge is 2.17. The van der Waals surface area contributed by atoms with Crippen LogP contribution in [-0.4, -0.2) is 9.55 Å². The first-order valence-electron chi connectivity index (χ1n) is 7.13. The molecule has 4 nitrogen and oxygen atoms in total. The number of halogens is 1. The Bertz CT molecular complexity index is 824. The quantitative estimate of drug-likeness (QED) is 0.706. The summed E-state index contributed by atoms with van der Waals surface area (Å²) in [5, 5.41) is 10.2. The predicted molar refractivity (Wildman–Crippen MR) is 88.2 cm³/mol. The van der Waals surface area contributed by atoms with Gasteiger partial charge in [0.1, 0.15) is 6.61 Å². The molecule has 114 valence electrons. The lowest BCUT2D eigenvalue weighted by Crippen LogP contribution is -2.10. The van der Waals surface area contributed by atoms with E-state index in [0.29, 0.717) is 17.6 Å². The Morgan fingerprint density at radius 2 is 1.87 bits per heavy atom. The van der Waals surface area contributed by atoms with Crippen molar-refractivity contribution in [1.82, 2.24) is 9.55 Å². The van der Waals surface area contributed by atoms with Gasteiger partial charge >= 0.3 is 0 Å². The fourth-order valence-corrected chi connectivity index (χ4v) is 2.49. The minimum absolute atomic E-state index is 0.295. The molecule has 0 fully saturated rings. The van der Waals surface area contributed by atoms with Crippen molar-refractivity contribution in [3.8, 4) is 12.1 Å². The molecule has 1 atom stereocenters. The zero-order valence-corrected chi connectivity index (χ0v) is 13.0. The van der Waals surface area contributed by atoms with E-state index in [1.54, 1.807) is 17.0 Å². The van der Waals surface area contributed by atoms with Crippen LogP contribution in [0.25, 0.3) is 0 Å². The van der Waals surface area contributed by atoms with E-state index in [1.807, 2.05) is 54.6 Å². The highest BCUT2D eigenvalue weighted by Crippen LogP contribution is 2.24. The van der Waals surface area contributed by atoms with Crippen LogP contribution in [0, 0.1) is 11.3 Å². The zero-order chi connectivity index (χ0) is 16.1. The molecule has 0 bridgehead atoms. The summed E-state index contributed by atoms with van der Waals surface area (Å²) in [4.78, 5) is 4.20. The number of nitrogens with zero attached hydrogens (tertiary/aromatic N) is 3. The minimum Gasteiger partial charge on any atom is -0.460 e. The normalized spacial score (nSPS) is 11.7. The summed E-state index contributed by atoms with van der Waals surface area (Å²) < 4.78 is 7.48. The summed E-state index contributed by atoms with van der Waals surface area (Å²) in [5.41, 5.74) is 1.76. The van der Waals surface area contributed by atoms with Gasteiger partial charge in [-0.1, -0.05) is 60.1 Å². The first-order chi connectivity index (χ1) is 11.3. The maximum absolute atomic E-state index is 9.53. The largest absolute Gasteiger partial charge is 0.460 e. The van der Waals surface area contributed by atoms with Gasteiger partial charge in [0.15, 0.2) is 6.04 Å². The van der Waals surface area contributed by atoms with Gasteiger partial charge in [-0.25, -0.2) is 4.98 Å². The Labute approximate surface area is 139 Å². The summed E-state index contributed by atoms with van der Waals surface area (Å²) >= 11 is 6.13. The lowest BCUT2D eigenvalue weighted by molar-refractivity contribution is 0.266. The summed E-state index contributed by atoms with van der Waals surface area (Å²) in [6, 6.07) is 19.2. The molecule has 2 aromatic carbocycles. The van der Waals surface area contributed by atoms with Crippen molar-refractivity contribution in [3.63, 3.8) is 0 Å². The molecule has 0 saturated heterocycles. The van der Waals surface area contributed by atoms with E-state index in [4.69, 9.17) is 16.3 Å². The topological polar surface area (TPSA) is 50.8 Å². The third-order valence-corrected chi connectivity index (χ3v) is 3.83. The minimum atomic E-state index is -0.486. The smallest absolute Gasteiger partial charge is 0.297 e. The van der Waals surface area contributed by atoms with Crippen molar-refractivity contribution >= 4 is 11.6 Å². The van der Waals surface area contributed by atoms with E-state index in [9.17, 15) is 5.26 Å². The first-order valence-corrected chi connectivity index (χ1v) is 7.51. The van der Waals surface area contributed by atoms with Gasteiger partial charge in [-0.3, -0.25) is 4.57 Å². The Morgan fingerprint density at radius 3 is 2.61 bits per heavy atom. The number of ether oxygens (including phenoxy) is 1. The third kappa shape index (κ3) is 3.36. The molecule has 0 radical (unpaired) electrons. The first kappa shape index (κ1) is 15.1. The van der Waals surface area contributed by atoms with Crippen LogP contribution < -0.4 is 4.74 Å². The van der Waals surface area contributed by atoms with Gasteiger partial charge in [-0.05, 0) is 11.6 Å². The average molecular weight is 324 g/mol. The average Bonchev–Trinajstić information content (AvgIpc) is 3.04. The zero-order valence-electron chi connectivity index (χ0n) is 12.3. The SMILES string of the molecule is N#CC(c1ccccc1)n1ccnc1OCc1ccccc1Cl. The predicted octanol–water partition coefficient (Wildman–Crippen LogP) is 4.23. The molecule has 0 aliphatic heterocycles. The van der Waals surface area contributed by atoms with Crippen molar-refractivity contribution in [2.75, 3.05) is 0 Å². The Hall–Kier alpha value is -2.77. The number of hydrogen-bond acceptors (Lipinski definition) is 3. The third-order valence-electron chi connectivity index (χ3n) is 3.46. The van der Waals surface area contributed by atoms with Crippen LogP contribution >= 0.6 is 11.6 Å². The molecular formula is C18H14ClN3O. The summed E-state index contributed by atoms with van der Waals surface area (Å²) in [5.74, 6) is 0. The van der Waals surface area contributed by atoms with Crippen LogP contribution in [0.4, 0.5) is 0 Å². The molecule has 1 unspecified atom stereocenters. The van der Waals surface area contributed by atoms with Crippen molar-refractivity contribution in [2.24, 2.45) is 0 Å². The van der Waals surface area contributed by atoms with Gasteiger partial charge in [0.25, 0.3) is 6.01 Å². The maximum atomic E-state index is 9.53. The molecular weight excluding hydrogens is 310 g/mol. The van der Waals surface area contributed by atoms with E-state index >= 15 is 0 Å². The van der Waals surface area contributed by atoms with E-state index in [0.717, 1.165) is 11.1 Å². The molecule has 1 aromatic heterocycles. The molecule has 0 amide bonds. The Balaban J connectivity index is 1.82. The van der Waals surface area contributed by atoms with Gasteiger partial charge in [-0.15, -0.1) is 0 Å². The van der Waals surface area contributed by atoms with E-state index in [1.165, 1.54) is 0 Å². The van der Waals surface area contributed by atoms with Gasteiger partial charge < -0.3 is 4.74 Å². The second-order valence-electron chi connectivity index (χ2n) is 4.94.